The lowest BCUT2D eigenvalue weighted by Crippen LogP contribution is -1.99. The molecule has 0 saturated heterocycles. The number of hydrogen-bond acceptors (Lipinski definition) is 1. The van der Waals surface area contributed by atoms with Gasteiger partial charge >= 0.3 is 0 Å². The lowest BCUT2D eigenvalue weighted by Gasteiger charge is -2.12. The summed E-state index contributed by atoms with van der Waals surface area (Å²) in [5.74, 6) is 0.610. The molecule has 14 heavy (non-hydrogen) atoms. The molecule has 1 heteroatoms. The SMILES string of the molecule is CCNc1cc(CC)cc(C(C)C)c1. The van der Waals surface area contributed by atoms with Crippen LogP contribution in [0.25, 0.3) is 0 Å². The molecule has 0 saturated carbocycles. The molecule has 0 amide bonds. The van der Waals surface area contributed by atoms with Crippen molar-refractivity contribution in [2.24, 2.45) is 0 Å². The molecule has 0 aliphatic rings. The number of benzene rings is 1. The normalized spacial score (nSPS) is 10.6. The summed E-state index contributed by atoms with van der Waals surface area (Å²) in [6.45, 7) is 9.81. The second-order valence-corrected chi connectivity index (χ2v) is 4.00. The second kappa shape index (κ2) is 5.04. The van der Waals surface area contributed by atoms with E-state index >= 15 is 0 Å². The molecule has 1 aromatic carbocycles. The van der Waals surface area contributed by atoms with Gasteiger partial charge in [0.25, 0.3) is 0 Å². The van der Waals surface area contributed by atoms with Crippen molar-refractivity contribution in [1.82, 2.24) is 0 Å². The zero-order chi connectivity index (χ0) is 10.6. The van der Waals surface area contributed by atoms with Crippen LogP contribution in [0, 0.1) is 0 Å². The van der Waals surface area contributed by atoms with Gasteiger partial charge in [-0.2, -0.15) is 0 Å². The molecule has 0 atom stereocenters. The topological polar surface area (TPSA) is 12.0 Å². The maximum Gasteiger partial charge on any atom is 0.0345 e. The summed E-state index contributed by atoms with van der Waals surface area (Å²) >= 11 is 0. The highest BCUT2D eigenvalue weighted by Crippen LogP contribution is 2.21. The summed E-state index contributed by atoms with van der Waals surface area (Å²) < 4.78 is 0. The lowest BCUT2D eigenvalue weighted by atomic mass is 9.99. The molecule has 1 N–H and O–H groups in total. The standard InChI is InChI=1S/C13H21N/c1-5-11-7-12(10(3)4)9-13(8-11)14-6-2/h7-10,14H,5-6H2,1-4H3. The molecular weight excluding hydrogens is 170 g/mol. The Balaban J connectivity index is 3.00. The molecule has 1 aromatic rings. The number of rotatable bonds is 4. The van der Waals surface area contributed by atoms with Crippen molar-refractivity contribution in [2.45, 2.75) is 40.0 Å². The van der Waals surface area contributed by atoms with Gasteiger partial charge < -0.3 is 5.32 Å². The van der Waals surface area contributed by atoms with Crippen molar-refractivity contribution in [3.8, 4) is 0 Å². The Kier molecular flexibility index (Phi) is 3.99. The smallest absolute Gasteiger partial charge is 0.0345 e. The Labute approximate surface area is 87.5 Å². The number of aryl methyl sites for hydroxylation is 1. The molecule has 1 rings (SSSR count). The zero-order valence-corrected chi connectivity index (χ0v) is 9.72. The van der Waals surface area contributed by atoms with Crippen LogP contribution in [-0.4, -0.2) is 6.54 Å². The van der Waals surface area contributed by atoms with Crippen LogP contribution in [0.3, 0.4) is 0 Å². The molecule has 0 bridgehead atoms. The predicted octanol–water partition coefficient (Wildman–Crippen LogP) is 3.80. The highest BCUT2D eigenvalue weighted by atomic mass is 14.8. The largest absolute Gasteiger partial charge is 0.385 e. The molecule has 0 aliphatic carbocycles. The van der Waals surface area contributed by atoms with E-state index in [1.54, 1.807) is 0 Å². The van der Waals surface area contributed by atoms with Crippen molar-refractivity contribution in [3.63, 3.8) is 0 Å². The van der Waals surface area contributed by atoms with E-state index in [9.17, 15) is 0 Å². The van der Waals surface area contributed by atoms with Gasteiger partial charge in [0.2, 0.25) is 0 Å². The fourth-order valence-corrected chi connectivity index (χ4v) is 1.56. The molecule has 0 aliphatic heterocycles. The average Bonchev–Trinajstić information content (AvgIpc) is 2.17. The maximum absolute atomic E-state index is 3.38. The van der Waals surface area contributed by atoms with Crippen LogP contribution in [0.1, 0.15) is 44.7 Å². The van der Waals surface area contributed by atoms with Crippen LogP contribution in [0.4, 0.5) is 5.69 Å². The molecule has 0 aromatic heterocycles. The molecule has 0 fully saturated rings. The molecule has 78 valence electrons. The van der Waals surface area contributed by atoms with Gasteiger partial charge in [0.1, 0.15) is 0 Å². The molecule has 0 heterocycles. The Hall–Kier alpha value is -0.980. The number of nitrogens with one attached hydrogen (secondary N) is 1. The second-order valence-electron chi connectivity index (χ2n) is 4.00. The van der Waals surface area contributed by atoms with E-state index in [-0.39, 0.29) is 0 Å². The third-order valence-corrected chi connectivity index (χ3v) is 2.47. The minimum absolute atomic E-state index is 0.610. The van der Waals surface area contributed by atoms with Gasteiger partial charge in [0.15, 0.2) is 0 Å². The number of hydrogen-bond donors (Lipinski definition) is 1. The minimum Gasteiger partial charge on any atom is -0.385 e. The van der Waals surface area contributed by atoms with Gasteiger partial charge in [-0.15, -0.1) is 0 Å². The van der Waals surface area contributed by atoms with Gasteiger partial charge in [-0.1, -0.05) is 26.8 Å². The molecule has 0 unspecified atom stereocenters. The molecule has 0 spiro atoms. The molecular formula is C13H21N. The van der Waals surface area contributed by atoms with E-state index in [0.29, 0.717) is 5.92 Å². The summed E-state index contributed by atoms with van der Waals surface area (Å²) in [6.07, 6.45) is 1.11. The van der Waals surface area contributed by atoms with Crippen LogP contribution in [-0.2, 0) is 6.42 Å². The Morgan fingerprint density at radius 1 is 1.14 bits per heavy atom. The molecule has 0 radical (unpaired) electrons. The number of anilines is 1. The first kappa shape index (κ1) is 11.1. The van der Waals surface area contributed by atoms with Gasteiger partial charge in [0, 0.05) is 12.2 Å². The van der Waals surface area contributed by atoms with Crippen LogP contribution < -0.4 is 5.32 Å². The van der Waals surface area contributed by atoms with Gasteiger partial charge in [-0.25, -0.2) is 0 Å². The fourth-order valence-electron chi connectivity index (χ4n) is 1.56. The summed E-state index contributed by atoms with van der Waals surface area (Å²) in [5, 5.41) is 3.38. The summed E-state index contributed by atoms with van der Waals surface area (Å²) in [7, 11) is 0. The van der Waals surface area contributed by atoms with Crippen molar-refractivity contribution in [3.05, 3.63) is 29.3 Å². The Morgan fingerprint density at radius 3 is 2.36 bits per heavy atom. The fraction of sp³-hybridized carbons (Fsp3) is 0.538. The predicted molar refractivity (Wildman–Crippen MR) is 64.1 cm³/mol. The minimum atomic E-state index is 0.610. The first-order valence-corrected chi connectivity index (χ1v) is 5.55. The quantitative estimate of drug-likeness (QED) is 0.763. The van der Waals surface area contributed by atoms with Crippen molar-refractivity contribution >= 4 is 5.69 Å². The van der Waals surface area contributed by atoms with Crippen molar-refractivity contribution < 1.29 is 0 Å². The van der Waals surface area contributed by atoms with Gasteiger partial charge in [-0.05, 0) is 42.5 Å². The van der Waals surface area contributed by atoms with Crippen molar-refractivity contribution in [2.75, 3.05) is 11.9 Å². The summed E-state index contributed by atoms with van der Waals surface area (Å²) in [6, 6.07) is 6.81. The molecule has 1 nitrogen and oxygen atoms in total. The first-order chi connectivity index (χ1) is 6.67. The van der Waals surface area contributed by atoms with Crippen LogP contribution in [0.5, 0.6) is 0 Å². The van der Waals surface area contributed by atoms with Gasteiger partial charge in [-0.3, -0.25) is 0 Å². The van der Waals surface area contributed by atoms with Crippen LogP contribution in [0.15, 0.2) is 18.2 Å². The third kappa shape index (κ3) is 2.76. The Bertz CT molecular complexity index is 289. The lowest BCUT2D eigenvalue weighted by molar-refractivity contribution is 0.862. The Morgan fingerprint density at radius 2 is 1.86 bits per heavy atom. The van der Waals surface area contributed by atoms with Gasteiger partial charge in [0.05, 0.1) is 0 Å². The van der Waals surface area contributed by atoms with E-state index in [4.69, 9.17) is 0 Å². The van der Waals surface area contributed by atoms with E-state index in [2.05, 4.69) is 51.2 Å². The third-order valence-electron chi connectivity index (χ3n) is 2.47. The average molecular weight is 191 g/mol. The van der Waals surface area contributed by atoms with Crippen LogP contribution >= 0.6 is 0 Å². The highest BCUT2D eigenvalue weighted by molar-refractivity contribution is 5.49. The summed E-state index contributed by atoms with van der Waals surface area (Å²) in [4.78, 5) is 0. The van der Waals surface area contributed by atoms with Crippen molar-refractivity contribution in [1.29, 1.82) is 0 Å². The van der Waals surface area contributed by atoms with E-state index in [1.165, 1.54) is 16.8 Å². The summed E-state index contributed by atoms with van der Waals surface area (Å²) in [5.41, 5.74) is 4.11. The van der Waals surface area contributed by atoms with E-state index in [1.807, 2.05) is 0 Å². The van der Waals surface area contributed by atoms with E-state index in [0.717, 1.165) is 13.0 Å². The van der Waals surface area contributed by atoms with E-state index < -0.39 is 0 Å². The maximum atomic E-state index is 3.38. The first-order valence-electron chi connectivity index (χ1n) is 5.55. The zero-order valence-electron chi connectivity index (χ0n) is 9.72. The monoisotopic (exact) mass is 191 g/mol. The van der Waals surface area contributed by atoms with Crippen LogP contribution in [0.2, 0.25) is 0 Å². The highest BCUT2D eigenvalue weighted by Gasteiger charge is 2.02.